The van der Waals surface area contributed by atoms with Crippen LogP contribution in [0.3, 0.4) is 0 Å². The molecule has 4 heteroatoms. The molecule has 2 aromatic rings. The van der Waals surface area contributed by atoms with E-state index in [1.807, 2.05) is 0 Å². The molecule has 22 heavy (non-hydrogen) atoms. The standard InChI is InChI=1S/C18H19NO2S/c1-22(20,21)19-11-12-10-17-13-6-2-4-8-15(13)18(12)16-9-5-3-7-14(16)17/h2-9,12,17-19H,10-11H2,1H3/t12-,17?,18?/m1/s1. The van der Waals surface area contributed by atoms with Crippen LogP contribution in [0.1, 0.15) is 40.5 Å². The zero-order valence-corrected chi connectivity index (χ0v) is 13.3. The van der Waals surface area contributed by atoms with E-state index in [1.165, 1.54) is 28.5 Å². The molecule has 0 aromatic heterocycles. The number of hydrogen-bond donors (Lipinski definition) is 1. The minimum atomic E-state index is -3.15. The lowest BCUT2D eigenvalue weighted by Crippen LogP contribution is -2.39. The number of fused-ring (bicyclic) bond motifs is 1. The molecule has 2 aromatic carbocycles. The second-order valence-corrected chi connectivity index (χ2v) is 8.24. The van der Waals surface area contributed by atoms with Crippen LogP contribution in [0, 0.1) is 5.92 Å². The van der Waals surface area contributed by atoms with Crippen LogP contribution < -0.4 is 4.72 Å². The maximum atomic E-state index is 11.5. The summed E-state index contributed by atoms with van der Waals surface area (Å²) in [7, 11) is -3.15. The van der Waals surface area contributed by atoms with Crippen molar-refractivity contribution in [2.75, 3.05) is 12.8 Å². The quantitative estimate of drug-likeness (QED) is 0.947. The third-order valence-corrected chi connectivity index (χ3v) is 5.72. The van der Waals surface area contributed by atoms with Crippen molar-refractivity contribution in [3.05, 3.63) is 70.8 Å². The zero-order valence-electron chi connectivity index (χ0n) is 12.5. The van der Waals surface area contributed by atoms with Crippen molar-refractivity contribution < 1.29 is 8.42 Å². The number of nitrogens with one attached hydrogen (secondary N) is 1. The third-order valence-electron chi connectivity index (χ3n) is 5.03. The second kappa shape index (κ2) is 4.93. The van der Waals surface area contributed by atoms with E-state index in [1.54, 1.807) is 0 Å². The van der Waals surface area contributed by atoms with Crippen LogP contribution in [0.2, 0.25) is 0 Å². The fraction of sp³-hybridized carbons (Fsp3) is 0.333. The fourth-order valence-electron chi connectivity index (χ4n) is 4.22. The molecule has 0 amide bonds. The van der Waals surface area contributed by atoms with Gasteiger partial charge in [0.15, 0.2) is 0 Å². The molecular formula is C18H19NO2S. The molecule has 1 N–H and O–H groups in total. The minimum absolute atomic E-state index is 0.298. The maximum absolute atomic E-state index is 11.5. The first-order valence-corrected chi connectivity index (χ1v) is 9.56. The van der Waals surface area contributed by atoms with Crippen LogP contribution in [-0.4, -0.2) is 21.2 Å². The lowest BCUT2D eigenvalue weighted by molar-refractivity contribution is 0.355. The van der Waals surface area contributed by atoms with Gasteiger partial charge in [-0.1, -0.05) is 48.5 Å². The molecule has 0 fully saturated rings. The van der Waals surface area contributed by atoms with Gasteiger partial charge in [-0.05, 0) is 34.6 Å². The molecule has 1 atom stereocenters. The molecule has 3 nitrogen and oxygen atoms in total. The number of sulfonamides is 1. The summed E-state index contributed by atoms with van der Waals surface area (Å²) in [6.45, 7) is 0.517. The van der Waals surface area contributed by atoms with Crippen LogP contribution in [0.25, 0.3) is 0 Å². The highest BCUT2D eigenvalue weighted by atomic mass is 32.2. The van der Waals surface area contributed by atoms with Gasteiger partial charge in [0.05, 0.1) is 6.26 Å². The molecule has 0 aliphatic heterocycles. The van der Waals surface area contributed by atoms with E-state index in [0.29, 0.717) is 24.3 Å². The first-order chi connectivity index (χ1) is 10.5. The van der Waals surface area contributed by atoms with Gasteiger partial charge in [-0.3, -0.25) is 0 Å². The Labute approximate surface area is 131 Å². The van der Waals surface area contributed by atoms with Gasteiger partial charge in [0.2, 0.25) is 10.0 Å². The van der Waals surface area contributed by atoms with Crippen molar-refractivity contribution in [2.24, 2.45) is 5.92 Å². The van der Waals surface area contributed by atoms with Gasteiger partial charge in [0.1, 0.15) is 0 Å². The maximum Gasteiger partial charge on any atom is 0.208 e. The Morgan fingerprint density at radius 2 is 1.45 bits per heavy atom. The Morgan fingerprint density at radius 3 is 1.95 bits per heavy atom. The average molecular weight is 313 g/mol. The number of hydrogen-bond acceptors (Lipinski definition) is 2. The normalized spacial score (nSPS) is 25.6. The topological polar surface area (TPSA) is 46.2 Å². The van der Waals surface area contributed by atoms with Gasteiger partial charge in [0.25, 0.3) is 0 Å². The van der Waals surface area contributed by atoms with Crippen molar-refractivity contribution in [3.63, 3.8) is 0 Å². The predicted octanol–water partition coefficient (Wildman–Crippen LogP) is 2.83. The summed E-state index contributed by atoms with van der Waals surface area (Å²) in [5.74, 6) is 1.01. The molecule has 2 bridgehead atoms. The predicted molar refractivity (Wildman–Crippen MR) is 87.5 cm³/mol. The van der Waals surface area contributed by atoms with E-state index in [4.69, 9.17) is 0 Å². The van der Waals surface area contributed by atoms with E-state index >= 15 is 0 Å². The highest BCUT2D eigenvalue weighted by Crippen LogP contribution is 2.55. The summed E-state index contributed by atoms with van der Waals surface area (Å²) in [4.78, 5) is 0. The van der Waals surface area contributed by atoms with E-state index in [0.717, 1.165) is 6.42 Å². The fourth-order valence-corrected chi connectivity index (χ4v) is 4.74. The monoisotopic (exact) mass is 313 g/mol. The summed E-state index contributed by atoms with van der Waals surface area (Å²) in [6.07, 6.45) is 2.25. The first kappa shape index (κ1) is 14.0. The molecule has 3 aliphatic rings. The van der Waals surface area contributed by atoms with Crippen LogP contribution in [0.4, 0.5) is 0 Å². The first-order valence-electron chi connectivity index (χ1n) is 7.67. The SMILES string of the molecule is CS(=O)(=O)NC[C@H]1CC2c3ccccc3C1c1ccccc12. The van der Waals surface area contributed by atoms with Gasteiger partial charge in [0, 0.05) is 18.4 Å². The molecule has 0 spiro atoms. The van der Waals surface area contributed by atoms with Crippen LogP contribution in [-0.2, 0) is 10.0 Å². The zero-order chi connectivity index (χ0) is 15.3. The smallest absolute Gasteiger partial charge is 0.208 e. The molecule has 5 rings (SSSR count). The molecule has 0 saturated heterocycles. The van der Waals surface area contributed by atoms with Gasteiger partial charge in [-0.25, -0.2) is 13.1 Å². The van der Waals surface area contributed by atoms with E-state index in [-0.39, 0.29) is 0 Å². The Morgan fingerprint density at radius 1 is 0.955 bits per heavy atom. The summed E-state index contributed by atoms with van der Waals surface area (Å²) >= 11 is 0. The van der Waals surface area contributed by atoms with E-state index in [2.05, 4.69) is 53.3 Å². The summed E-state index contributed by atoms with van der Waals surface area (Å²) in [6, 6.07) is 17.2. The van der Waals surface area contributed by atoms with Crippen molar-refractivity contribution in [1.29, 1.82) is 0 Å². The van der Waals surface area contributed by atoms with Crippen molar-refractivity contribution in [1.82, 2.24) is 4.72 Å². The molecule has 114 valence electrons. The largest absolute Gasteiger partial charge is 0.215 e. The Balaban J connectivity index is 1.79. The van der Waals surface area contributed by atoms with Gasteiger partial charge in [-0.2, -0.15) is 0 Å². The molecule has 0 unspecified atom stereocenters. The summed E-state index contributed by atoms with van der Waals surface area (Å²) in [5, 5.41) is 0. The van der Waals surface area contributed by atoms with E-state index < -0.39 is 10.0 Å². The summed E-state index contributed by atoms with van der Waals surface area (Å²) < 4.78 is 25.6. The van der Waals surface area contributed by atoms with E-state index in [9.17, 15) is 8.42 Å². The van der Waals surface area contributed by atoms with Crippen molar-refractivity contribution in [2.45, 2.75) is 18.3 Å². The van der Waals surface area contributed by atoms with Crippen LogP contribution in [0.15, 0.2) is 48.5 Å². The highest BCUT2D eigenvalue weighted by Gasteiger charge is 2.42. The van der Waals surface area contributed by atoms with Crippen molar-refractivity contribution in [3.8, 4) is 0 Å². The van der Waals surface area contributed by atoms with Crippen LogP contribution >= 0.6 is 0 Å². The molecule has 0 radical (unpaired) electrons. The number of benzene rings is 2. The summed E-state index contributed by atoms with van der Waals surface area (Å²) in [5.41, 5.74) is 5.58. The van der Waals surface area contributed by atoms with Crippen molar-refractivity contribution >= 4 is 10.0 Å². The number of rotatable bonds is 3. The van der Waals surface area contributed by atoms with Crippen LogP contribution in [0.5, 0.6) is 0 Å². The lowest BCUT2D eigenvalue weighted by atomic mass is 9.59. The average Bonchev–Trinajstić information content (AvgIpc) is 2.52. The minimum Gasteiger partial charge on any atom is -0.215 e. The highest BCUT2D eigenvalue weighted by molar-refractivity contribution is 7.88. The van der Waals surface area contributed by atoms with Gasteiger partial charge in [-0.15, -0.1) is 0 Å². The second-order valence-electron chi connectivity index (χ2n) is 6.40. The molecular weight excluding hydrogens is 294 g/mol. The van der Waals surface area contributed by atoms with Gasteiger partial charge < -0.3 is 0 Å². The lowest BCUT2D eigenvalue weighted by Gasteiger charge is -2.45. The molecule has 3 aliphatic carbocycles. The Hall–Kier alpha value is -1.65. The molecule has 0 saturated carbocycles. The molecule has 0 heterocycles. The Bertz CT molecular complexity index is 781. The third kappa shape index (κ3) is 2.18. The Kier molecular flexibility index (Phi) is 3.13. The van der Waals surface area contributed by atoms with Gasteiger partial charge >= 0.3 is 0 Å².